The molecule has 1 saturated heterocycles. The summed E-state index contributed by atoms with van der Waals surface area (Å²) in [7, 11) is 0. The number of aliphatic hydroxyl groups is 1. The fourth-order valence-corrected chi connectivity index (χ4v) is 2.47. The predicted octanol–water partition coefficient (Wildman–Crippen LogP) is 1.39. The standard InChI is InChI=1S/C14H28N2O2/c1-5-14(11-17)6-8-16(9-7-14)10-12(18)15-13(2,3)4/h17H,5-11H2,1-4H3,(H,15,18). The lowest BCUT2D eigenvalue weighted by molar-refractivity contribution is -0.124. The molecule has 0 aromatic heterocycles. The summed E-state index contributed by atoms with van der Waals surface area (Å²) in [5.41, 5.74) is -0.0673. The molecule has 0 atom stereocenters. The van der Waals surface area contributed by atoms with Gasteiger partial charge in [-0.2, -0.15) is 0 Å². The SMILES string of the molecule is CCC1(CO)CCN(CC(=O)NC(C)(C)C)CC1. The summed E-state index contributed by atoms with van der Waals surface area (Å²) >= 11 is 0. The molecule has 0 aromatic rings. The number of piperidine rings is 1. The van der Waals surface area contributed by atoms with Crippen molar-refractivity contribution in [1.29, 1.82) is 0 Å². The van der Waals surface area contributed by atoms with Gasteiger partial charge in [0.1, 0.15) is 0 Å². The molecule has 1 aliphatic heterocycles. The fourth-order valence-electron chi connectivity index (χ4n) is 2.47. The van der Waals surface area contributed by atoms with Crippen LogP contribution in [0, 0.1) is 5.41 Å². The van der Waals surface area contributed by atoms with Crippen LogP contribution in [0.25, 0.3) is 0 Å². The largest absolute Gasteiger partial charge is 0.396 e. The first-order valence-electron chi connectivity index (χ1n) is 6.94. The molecule has 0 bridgehead atoms. The van der Waals surface area contributed by atoms with E-state index in [-0.39, 0.29) is 23.5 Å². The number of likely N-dealkylation sites (tertiary alicyclic amines) is 1. The van der Waals surface area contributed by atoms with Gasteiger partial charge in [0.05, 0.1) is 6.54 Å². The molecule has 4 nitrogen and oxygen atoms in total. The second-order valence-corrected chi connectivity index (χ2v) is 6.59. The Morgan fingerprint density at radius 2 is 1.89 bits per heavy atom. The van der Waals surface area contributed by atoms with Crippen LogP contribution in [0.1, 0.15) is 47.0 Å². The summed E-state index contributed by atoms with van der Waals surface area (Å²) in [6.45, 7) is 10.7. The van der Waals surface area contributed by atoms with Crippen molar-refractivity contribution in [3.05, 3.63) is 0 Å². The zero-order valence-electron chi connectivity index (χ0n) is 12.3. The van der Waals surface area contributed by atoms with E-state index in [0.717, 1.165) is 32.4 Å². The number of nitrogens with one attached hydrogen (secondary N) is 1. The molecular weight excluding hydrogens is 228 g/mol. The second-order valence-electron chi connectivity index (χ2n) is 6.59. The first-order valence-corrected chi connectivity index (χ1v) is 6.94. The van der Waals surface area contributed by atoms with Crippen molar-refractivity contribution in [2.24, 2.45) is 5.41 Å². The number of carbonyl (C=O) groups is 1. The summed E-state index contributed by atoms with van der Waals surface area (Å²) < 4.78 is 0. The zero-order valence-corrected chi connectivity index (χ0v) is 12.3. The van der Waals surface area contributed by atoms with Crippen LogP contribution in [0.2, 0.25) is 0 Å². The van der Waals surface area contributed by atoms with Crippen molar-refractivity contribution in [1.82, 2.24) is 10.2 Å². The summed E-state index contributed by atoms with van der Waals surface area (Å²) in [5.74, 6) is 0.0931. The van der Waals surface area contributed by atoms with E-state index in [2.05, 4.69) is 17.1 Å². The van der Waals surface area contributed by atoms with Gasteiger partial charge in [-0.1, -0.05) is 6.92 Å². The van der Waals surface area contributed by atoms with E-state index in [1.54, 1.807) is 0 Å². The highest BCUT2D eigenvalue weighted by Crippen LogP contribution is 2.33. The van der Waals surface area contributed by atoms with Crippen molar-refractivity contribution >= 4 is 5.91 Å². The monoisotopic (exact) mass is 256 g/mol. The molecule has 1 aliphatic rings. The van der Waals surface area contributed by atoms with Gasteiger partial charge < -0.3 is 10.4 Å². The summed E-state index contributed by atoms with van der Waals surface area (Å²) in [6, 6.07) is 0. The van der Waals surface area contributed by atoms with Gasteiger partial charge in [-0.15, -0.1) is 0 Å². The molecule has 0 radical (unpaired) electrons. The van der Waals surface area contributed by atoms with Crippen LogP contribution in [0.4, 0.5) is 0 Å². The van der Waals surface area contributed by atoms with Gasteiger partial charge in [-0.05, 0) is 58.5 Å². The molecule has 0 spiro atoms. The first kappa shape index (κ1) is 15.4. The van der Waals surface area contributed by atoms with E-state index < -0.39 is 0 Å². The molecule has 18 heavy (non-hydrogen) atoms. The van der Waals surface area contributed by atoms with Gasteiger partial charge >= 0.3 is 0 Å². The third kappa shape index (κ3) is 4.58. The molecule has 2 N–H and O–H groups in total. The van der Waals surface area contributed by atoms with Crippen LogP contribution in [0.5, 0.6) is 0 Å². The predicted molar refractivity (Wildman–Crippen MR) is 73.4 cm³/mol. The lowest BCUT2D eigenvalue weighted by Gasteiger charge is -2.40. The van der Waals surface area contributed by atoms with Crippen molar-refractivity contribution in [2.45, 2.75) is 52.5 Å². The molecule has 1 amide bonds. The Labute approximate surface area is 111 Å². The topological polar surface area (TPSA) is 52.6 Å². The molecule has 106 valence electrons. The quantitative estimate of drug-likeness (QED) is 0.799. The Bertz CT molecular complexity index is 270. The number of aliphatic hydroxyl groups excluding tert-OH is 1. The number of amides is 1. The van der Waals surface area contributed by atoms with Gasteiger partial charge in [0.2, 0.25) is 5.91 Å². The van der Waals surface area contributed by atoms with Crippen molar-refractivity contribution < 1.29 is 9.90 Å². The average molecular weight is 256 g/mol. The Hall–Kier alpha value is -0.610. The maximum Gasteiger partial charge on any atom is 0.234 e. The molecule has 1 fully saturated rings. The molecule has 4 heteroatoms. The van der Waals surface area contributed by atoms with Crippen LogP contribution in [0.15, 0.2) is 0 Å². The van der Waals surface area contributed by atoms with Crippen molar-refractivity contribution in [3.8, 4) is 0 Å². The van der Waals surface area contributed by atoms with Crippen LogP contribution in [-0.2, 0) is 4.79 Å². The Kier molecular flexibility index (Phi) is 5.17. The van der Waals surface area contributed by atoms with Crippen molar-refractivity contribution in [3.63, 3.8) is 0 Å². The molecule has 0 unspecified atom stereocenters. The average Bonchev–Trinajstić information content (AvgIpc) is 2.28. The second kappa shape index (κ2) is 6.02. The number of rotatable bonds is 4. The summed E-state index contributed by atoms with van der Waals surface area (Å²) in [6.07, 6.45) is 3.00. The van der Waals surface area contributed by atoms with Gasteiger partial charge in [-0.3, -0.25) is 9.69 Å². The summed E-state index contributed by atoms with van der Waals surface area (Å²) in [4.78, 5) is 14.0. The summed E-state index contributed by atoms with van der Waals surface area (Å²) in [5, 5.41) is 12.4. The lowest BCUT2D eigenvalue weighted by Crippen LogP contribution is -2.49. The van der Waals surface area contributed by atoms with E-state index in [1.807, 2.05) is 20.8 Å². The minimum atomic E-state index is -0.162. The molecule has 1 rings (SSSR count). The van der Waals surface area contributed by atoms with E-state index in [4.69, 9.17) is 0 Å². The lowest BCUT2D eigenvalue weighted by atomic mass is 9.77. The highest BCUT2D eigenvalue weighted by atomic mass is 16.3. The van der Waals surface area contributed by atoms with Gasteiger partial charge in [0.25, 0.3) is 0 Å². The van der Waals surface area contributed by atoms with Gasteiger partial charge in [0.15, 0.2) is 0 Å². The zero-order chi connectivity index (χ0) is 13.8. The van der Waals surface area contributed by atoms with E-state index in [0.29, 0.717) is 6.54 Å². The molecule has 1 heterocycles. The van der Waals surface area contributed by atoms with Crippen LogP contribution < -0.4 is 5.32 Å². The van der Waals surface area contributed by atoms with E-state index in [9.17, 15) is 9.90 Å². The normalized spacial score (nSPS) is 20.7. The van der Waals surface area contributed by atoms with Gasteiger partial charge in [-0.25, -0.2) is 0 Å². The highest BCUT2D eigenvalue weighted by Gasteiger charge is 2.32. The Morgan fingerprint density at radius 1 is 1.33 bits per heavy atom. The number of hydrogen-bond acceptors (Lipinski definition) is 3. The maximum absolute atomic E-state index is 11.8. The molecule has 0 saturated carbocycles. The first-order chi connectivity index (χ1) is 8.30. The van der Waals surface area contributed by atoms with Crippen molar-refractivity contribution in [2.75, 3.05) is 26.2 Å². The van der Waals surface area contributed by atoms with E-state index >= 15 is 0 Å². The van der Waals surface area contributed by atoms with E-state index in [1.165, 1.54) is 0 Å². The van der Waals surface area contributed by atoms with Crippen LogP contribution in [-0.4, -0.2) is 47.7 Å². The highest BCUT2D eigenvalue weighted by molar-refractivity contribution is 5.78. The molecular formula is C14H28N2O2. The maximum atomic E-state index is 11.8. The molecule has 0 aromatic carbocycles. The Morgan fingerprint density at radius 3 is 2.28 bits per heavy atom. The Balaban J connectivity index is 2.38. The fraction of sp³-hybridized carbons (Fsp3) is 0.929. The third-order valence-electron chi connectivity index (χ3n) is 3.88. The minimum Gasteiger partial charge on any atom is -0.396 e. The van der Waals surface area contributed by atoms with Crippen LogP contribution in [0.3, 0.4) is 0 Å². The number of carbonyl (C=O) groups excluding carboxylic acids is 1. The van der Waals surface area contributed by atoms with Gasteiger partial charge in [0, 0.05) is 12.1 Å². The third-order valence-corrected chi connectivity index (χ3v) is 3.88. The number of hydrogen-bond donors (Lipinski definition) is 2. The van der Waals surface area contributed by atoms with Crippen LogP contribution >= 0.6 is 0 Å². The molecule has 0 aliphatic carbocycles. The number of nitrogens with zero attached hydrogens (tertiary/aromatic N) is 1. The smallest absolute Gasteiger partial charge is 0.234 e. The minimum absolute atomic E-state index is 0.0931.